The molecule has 112 valence electrons. The molecule has 0 aliphatic carbocycles. The van der Waals surface area contributed by atoms with E-state index in [0.29, 0.717) is 6.42 Å². The molecule has 0 spiro atoms. The summed E-state index contributed by atoms with van der Waals surface area (Å²) in [5, 5.41) is 9.10. The van der Waals surface area contributed by atoms with Gasteiger partial charge < -0.3 is 10.8 Å². The molecule has 0 fully saturated rings. The van der Waals surface area contributed by atoms with E-state index in [1.54, 1.807) is 12.1 Å². The van der Waals surface area contributed by atoms with Gasteiger partial charge in [0.1, 0.15) is 5.82 Å². The van der Waals surface area contributed by atoms with Gasteiger partial charge in [0, 0.05) is 6.54 Å². The smallest absolute Gasteiger partial charge is 0.308 e. The number of nitrogens with two attached hydrogens (primary N) is 1. The van der Waals surface area contributed by atoms with Crippen LogP contribution in [0, 0.1) is 11.7 Å². The van der Waals surface area contributed by atoms with E-state index in [9.17, 15) is 9.18 Å². The average molecular weight is 310 g/mol. The van der Waals surface area contributed by atoms with Crippen molar-refractivity contribution in [3.63, 3.8) is 0 Å². The summed E-state index contributed by atoms with van der Waals surface area (Å²) in [5.41, 5.74) is 8.17. The Balaban J connectivity index is 0.00000220. The van der Waals surface area contributed by atoms with E-state index in [2.05, 4.69) is 0 Å². The number of carbonyl (C=O) groups is 1. The van der Waals surface area contributed by atoms with E-state index >= 15 is 0 Å². The number of benzene rings is 2. The lowest BCUT2D eigenvalue weighted by Gasteiger charge is -2.14. The highest BCUT2D eigenvalue weighted by molar-refractivity contribution is 5.85. The normalized spacial score (nSPS) is 11.5. The monoisotopic (exact) mass is 309 g/mol. The van der Waals surface area contributed by atoms with Crippen molar-refractivity contribution in [2.75, 3.05) is 6.54 Å². The number of aliphatic carboxylic acids is 1. The Hall–Kier alpha value is -1.91. The largest absolute Gasteiger partial charge is 0.481 e. The fraction of sp³-hybridized carbons (Fsp3) is 0.188. The van der Waals surface area contributed by atoms with Gasteiger partial charge in [0.05, 0.1) is 5.92 Å². The Labute approximate surface area is 129 Å². The number of halogens is 2. The summed E-state index contributed by atoms with van der Waals surface area (Å²) in [7, 11) is 0. The van der Waals surface area contributed by atoms with Gasteiger partial charge >= 0.3 is 5.97 Å². The molecule has 0 aliphatic heterocycles. The van der Waals surface area contributed by atoms with Gasteiger partial charge in [-0.15, -0.1) is 12.4 Å². The number of carboxylic acids is 1. The highest BCUT2D eigenvalue weighted by atomic mass is 35.5. The molecule has 3 nitrogen and oxygen atoms in total. The van der Waals surface area contributed by atoms with Crippen molar-refractivity contribution in [2.45, 2.75) is 6.42 Å². The molecule has 0 radical (unpaired) electrons. The van der Waals surface area contributed by atoms with Crippen molar-refractivity contribution in [3.05, 3.63) is 59.9 Å². The average Bonchev–Trinajstić information content (AvgIpc) is 2.46. The Morgan fingerprint density at radius 2 is 1.76 bits per heavy atom. The van der Waals surface area contributed by atoms with Gasteiger partial charge in [-0.25, -0.2) is 4.39 Å². The van der Waals surface area contributed by atoms with Crippen molar-refractivity contribution >= 4 is 18.4 Å². The number of rotatable bonds is 5. The Morgan fingerprint density at radius 1 is 1.14 bits per heavy atom. The van der Waals surface area contributed by atoms with Crippen molar-refractivity contribution in [1.29, 1.82) is 0 Å². The molecule has 0 unspecified atom stereocenters. The SMILES string of the molecule is Cl.NC[C@@H](Cc1ccccc1-c1ccc(F)cc1)C(=O)O. The number of hydrogen-bond donors (Lipinski definition) is 2. The number of hydrogen-bond acceptors (Lipinski definition) is 2. The maximum Gasteiger partial charge on any atom is 0.308 e. The maximum atomic E-state index is 13.0. The molecule has 0 saturated carbocycles. The van der Waals surface area contributed by atoms with Crippen LogP contribution in [0.2, 0.25) is 0 Å². The summed E-state index contributed by atoms with van der Waals surface area (Å²) < 4.78 is 13.0. The quantitative estimate of drug-likeness (QED) is 0.892. The molecular weight excluding hydrogens is 293 g/mol. The second kappa shape index (κ2) is 7.76. The summed E-state index contributed by atoms with van der Waals surface area (Å²) in [4.78, 5) is 11.1. The van der Waals surface area contributed by atoms with Crippen LogP contribution >= 0.6 is 12.4 Å². The number of carboxylic acid groups (broad SMARTS) is 1. The first-order valence-corrected chi connectivity index (χ1v) is 6.38. The Morgan fingerprint density at radius 3 is 2.33 bits per heavy atom. The van der Waals surface area contributed by atoms with Crippen LogP contribution in [-0.2, 0) is 11.2 Å². The van der Waals surface area contributed by atoms with Gasteiger partial charge in [0.15, 0.2) is 0 Å². The first-order valence-electron chi connectivity index (χ1n) is 6.38. The predicted octanol–water partition coefficient (Wildman–Crippen LogP) is 3.12. The molecule has 2 aromatic carbocycles. The summed E-state index contributed by atoms with van der Waals surface area (Å²) in [6, 6.07) is 13.7. The minimum atomic E-state index is -0.901. The van der Waals surface area contributed by atoms with E-state index in [1.165, 1.54) is 12.1 Å². The molecule has 0 heterocycles. The molecule has 5 heteroatoms. The lowest BCUT2D eigenvalue weighted by Crippen LogP contribution is -2.25. The zero-order chi connectivity index (χ0) is 14.5. The third-order valence-electron chi connectivity index (χ3n) is 3.27. The molecular formula is C16H17ClFNO2. The van der Waals surface area contributed by atoms with Crippen LogP contribution in [0.15, 0.2) is 48.5 Å². The van der Waals surface area contributed by atoms with Gasteiger partial charge in [-0.2, -0.15) is 0 Å². The molecule has 0 amide bonds. The molecule has 0 aliphatic rings. The first kappa shape index (κ1) is 17.1. The lowest BCUT2D eigenvalue weighted by molar-refractivity contribution is -0.141. The predicted molar refractivity (Wildman–Crippen MR) is 83.0 cm³/mol. The van der Waals surface area contributed by atoms with E-state index in [1.807, 2.05) is 24.3 Å². The zero-order valence-corrected chi connectivity index (χ0v) is 12.1. The van der Waals surface area contributed by atoms with Gasteiger partial charge in [-0.1, -0.05) is 36.4 Å². The van der Waals surface area contributed by atoms with Crippen LogP contribution in [0.3, 0.4) is 0 Å². The zero-order valence-electron chi connectivity index (χ0n) is 11.3. The maximum absolute atomic E-state index is 13.0. The van der Waals surface area contributed by atoms with Gasteiger partial charge in [-0.05, 0) is 35.2 Å². The molecule has 0 saturated heterocycles. The van der Waals surface area contributed by atoms with Gasteiger partial charge in [-0.3, -0.25) is 4.79 Å². The van der Waals surface area contributed by atoms with E-state index in [-0.39, 0.29) is 24.8 Å². The van der Waals surface area contributed by atoms with Crippen molar-refractivity contribution in [1.82, 2.24) is 0 Å². The third kappa shape index (κ3) is 4.28. The fourth-order valence-electron chi connectivity index (χ4n) is 2.15. The van der Waals surface area contributed by atoms with Crippen molar-refractivity contribution < 1.29 is 14.3 Å². The Bertz CT molecular complexity index is 601. The summed E-state index contributed by atoms with van der Waals surface area (Å²) in [6.07, 6.45) is 0.360. The standard InChI is InChI=1S/C16H16FNO2.ClH/c17-14-7-5-11(6-8-14)15-4-2-1-3-12(15)9-13(10-18)16(19)20;/h1-8,13H,9-10,18H2,(H,19,20);1H/t13-;/m1./s1. The van der Waals surface area contributed by atoms with Crippen LogP contribution in [0.25, 0.3) is 11.1 Å². The van der Waals surface area contributed by atoms with Gasteiger partial charge in [0.25, 0.3) is 0 Å². The molecule has 2 aromatic rings. The van der Waals surface area contributed by atoms with Crippen LogP contribution in [0.5, 0.6) is 0 Å². The minimum absolute atomic E-state index is 0. The van der Waals surface area contributed by atoms with Gasteiger partial charge in [0.2, 0.25) is 0 Å². The summed E-state index contributed by atoms with van der Waals surface area (Å²) in [5.74, 6) is -1.81. The molecule has 21 heavy (non-hydrogen) atoms. The van der Waals surface area contributed by atoms with E-state index in [0.717, 1.165) is 16.7 Å². The van der Waals surface area contributed by atoms with Crippen LogP contribution in [-0.4, -0.2) is 17.6 Å². The molecule has 3 N–H and O–H groups in total. The van der Waals surface area contributed by atoms with Crippen molar-refractivity contribution in [2.24, 2.45) is 11.7 Å². The molecule has 0 bridgehead atoms. The third-order valence-corrected chi connectivity index (χ3v) is 3.27. The first-order chi connectivity index (χ1) is 9.61. The lowest BCUT2D eigenvalue weighted by atomic mass is 9.92. The summed E-state index contributed by atoms with van der Waals surface area (Å²) >= 11 is 0. The van der Waals surface area contributed by atoms with Crippen molar-refractivity contribution in [3.8, 4) is 11.1 Å². The molecule has 1 atom stereocenters. The van der Waals surface area contributed by atoms with Crippen LogP contribution < -0.4 is 5.73 Å². The fourth-order valence-corrected chi connectivity index (χ4v) is 2.15. The summed E-state index contributed by atoms with van der Waals surface area (Å²) in [6.45, 7) is 0.0904. The Kier molecular flexibility index (Phi) is 6.34. The second-order valence-electron chi connectivity index (χ2n) is 4.64. The second-order valence-corrected chi connectivity index (χ2v) is 4.64. The van der Waals surface area contributed by atoms with Crippen LogP contribution in [0.1, 0.15) is 5.56 Å². The molecule has 0 aromatic heterocycles. The van der Waals surface area contributed by atoms with E-state index < -0.39 is 11.9 Å². The highest BCUT2D eigenvalue weighted by Crippen LogP contribution is 2.25. The topological polar surface area (TPSA) is 63.3 Å². The minimum Gasteiger partial charge on any atom is -0.481 e. The van der Waals surface area contributed by atoms with Crippen LogP contribution in [0.4, 0.5) is 4.39 Å². The van der Waals surface area contributed by atoms with E-state index in [4.69, 9.17) is 10.8 Å². The molecule has 2 rings (SSSR count). The highest BCUT2D eigenvalue weighted by Gasteiger charge is 2.17.